The van der Waals surface area contributed by atoms with Crippen LogP contribution in [0.1, 0.15) is 12.0 Å². The molecule has 1 unspecified atom stereocenters. The summed E-state index contributed by atoms with van der Waals surface area (Å²) in [7, 11) is 0. The number of ether oxygens (including phenoxy) is 1. The topological polar surface area (TPSA) is 75.1 Å². The zero-order chi connectivity index (χ0) is 12.5. The second kappa shape index (κ2) is 7.92. The predicted octanol–water partition coefficient (Wildman–Crippen LogP) is 3.23. The molecule has 0 heterocycles. The summed E-state index contributed by atoms with van der Waals surface area (Å²) in [5.74, 6) is -0.469. The average molecular weight is 345 g/mol. The van der Waals surface area contributed by atoms with Gasteiger partial charge >= 0.3 is 5.97 Å². The Balaban J connectivity index is 2.50. The van der Waals surface area contributed by atoms with Crippen LogP contribution in [-0.4, -0.2) is 16.4 Å². The van der Waals surface area contributed by atoms with Crippen molar-refractivity contribution in [2.75, 3.05) is 4.43 Å². The highest BCUT2D eigenvalue weighted by Crippen LogP contribution is 2.07. The van der Waals surface area contributed by atoms with Gasteiger partial charge in [0, 0.05) is 9.34 Å². The van der Waals surface area contributed by atoms with Crippen LogP contribution in [0, 0.1) is 0 Å². The van der Waals surface area contributed by atoms with E-state index in [9.17, 15) is 4.79 Å². The fourth-order valence-corrected chi connectivity index (χ4v) is 1.80. The SMILES string of the molecule is [N-]=[N+]=NC(CCI)C(=O)OCc1ccccc1. The molecular formula is C11H12IN3O2. The third-order valence-corrected chi connectivity index (χ3v) is 2.69. The van der Waals surface area contributed by atoms with Crippen LogP contribution in [0.4, 0.5) is 0 Å². The van der Waals surface area contributed by atoms with Gasteiger partial charge in [0.2, 0.25) is 0 Å². The summed E-state index contributed by atoms with van der Waals surface area (Å²) in [6.45, 7) is 0.207. The summed E-state index contributed by atoms with van der Waals surface area (Å²) in [6.07, 6.45) is 0.498. The van der Waals surface area contributed by atoms with Crippen molar-refractivity contribution in [2.45, 2.75) is 19.1 Å². The lowest BCUT2D eigenvalue weighted by Crippen LogP contribution is -2.21. The first kappa shape index (κ1) is 13.8. The van der Waals surface area contributed by atoms with Crippen LogP contribution >= 0.6 is 22.6 Å². The first-order valence-corrected chi connectivity index (χ1v) is 6.61. The monoisotopic (exact) mass is 345 g/mol. The smallest absolute Gasteiger partial charge is 0.315 e. The number of alkyl halides is 1. The van der Waals surface area contributed by atoms with Gasteiger partial charge in [-0.3, -0.25) is 4.79 Å². The third kappa shape index (κ3) is 5.06. The summed E-state index contributed by atoms with van der Waals surface area (Å²) >= 11 is 2.12. The zero-order valence-electron chi connectivity index (χ0n) is 9.12. The van der Waals surface area contributed by atoms with Crippen molar-refractivity contribution in [1.82, 2.24) is 0 Å². The van der Waals surface area contributed by atoms with Crippen LogP contribution in [0.3, 0.4) is 0 Å². The minimum atomic E-state index is -0.722. The van der Waals surface area contributed by atoms with E-state index in [0.29, 0.717) is 6.42 Å². The van der Waals surface area contributed by atoms with Crippen molar-refractivity contribution in [3.05, 3.63) is 46.3 Å². The number of carbonyl (C=O) groups is 1. The molecule has 90 valence electrons. The minimum absolute atomic E-state index is 0.207. The van der Waals surface area contributed by atoms with Gasteiger partial charge in [-0.2, -0.15) is 0 Å². The summed E-state index contributed by atoms with van der Waals surface area (Å²) in [5.41, 5.74) is 9.26. The van der Waals surface area contributed by atoms with E-state index in [1.807, 2.05) is 30.3 Å². The van der Waals surface area contributed by atoms with Crippen LogP contribution < -0.4 is 0 Å². The molecule has 0 spiro atoms. The van der Waals surface area contributed by atoms with Gasteiger partial charge in [-0.25, -0.2) is 0 Å². The second-order valence-corrected chi connectivity index (χ2v) is 4.37. The van der Waals surface area contributed by atoms with Crippen molar-refractivity contribution < 1.29 is 9.53 Å². The minimum Gasteiger partial charge on any atom is -0.461 e. The Kier molecular flexibility index (Phi) is 6.42. The lowest BCUT2D eigenvalue weighted by molar-refractivity contribution is -0.146. The molecule has 0 aliphatic carbocycles. The van der Waals surface area contributed by atoms with E-state index in [1.165, 1.54) is 0 Å². The number of rotatable bonds is 6. The maximum atomic E-state index is 11.6. The molecule has 17 heavy (non-hydrogen) atoms. The van der Waals surface area contributed by atoms with Crippen molar-refractivity contribution in [3.8, 4) is 0 Å². The highest BCUT2D eigenvalue weighted by atomic mass is 127. The number of benzene rings is 1. The molecule has 0 aliphatic rings. The van der Waals surface area contributed by atoms with Gasteiger partial charge in [0.25, 0.3) is 0 Å². The lowest BCUT2D eigenvalue weighted by Gasteiger charge is -2.09. The molecule has 0 N–H and O–H groups in total. The maximum absolute atomic E-state index is 11.6. The molecule has 1 atom stereocenters. The molecule has 0 saturated carbocycles. The van der Waals surface area contributed by atoms with E-state index in [1.54, 1.807) is 0 Å². The van der Waals surface area contributed by atoms with E-state index in [0.717, 1.165) is 9.99 Å². The first-order chi connectivity index (χ1) is 8.27. The van der Waals surface area contributed by atoms with Crippen LogP contribution in [0.5, 0.6) is 0 Å². The number of halogens is 1. The Morgan fingerprint density at radius 3 is 2.76 bits per heavy atom. The highest BCUT2D eigenvalue weighted by molar-refractivity contribution is 14.1. The maximum Gasteiger partial charge on any atom is 0.315 e. The Bertz CT molecular complexity index is 404. The van der Waals surface area contributed by atoms with E-state index in [2.05, 4.69) is 32.6 Å². The number of hydrogen-bond donors (Lipinski definition) is 0. The quantitative estimate of drug-likeness (QED) is 0.198. The fraction of sp³-hybridized carbons (Fsp3) is 0.364. The normalized spacial score (nSPS) is 11.4. The molecular weight excluding hydrogens is 333 g/mol. The molecule has 1 aromatic carbocycles. The van der Waals surface area contributed by atoms with Crippen LogP contribution in [0.25, 0.3) is 10.4 Å². The van der Waals surface area contributed by atoms with Crippen molar-refractivity contribution in [2.24, 2.45) is 5.11 Å². The van der Waals surface area contributed by atoms with E-state index < -0.39 is 12.0 Å². The molecule has 5 nitrogen and oxygen atoms in total. The first-order valence-electron chi connectivity index (χ1n) is 5.08. The largest absolute Gasteiger partial charge is 0.461 e. The van der Waals surface area contributed by atoms with Crippen molar-refractivity contribution in [3.63, 3.8) is 0 Å². The standard InChI is InChI=1S/C11H12IN3O2/c12-7-6-10(14-15-13)11(16)17-8-9-4-2-1-3-5-9/h1-5,10H,6-8H2. The second-order valence-electron chi connectivity index (χ2n) is 3.29. The van der Waals surface area contributed by atoms with Crippen LogP contribution in [0.2, 0.25) is 0 Å². The molecule has 0 aromatic heterocycles. The molecule has 0 amide bonds. The van der Waals surface area contributed by atoms with Crippen LogP contribution in [0.15, 0.2) is 35.4 Å². The lowest BCUT2D eigenvalue weighted by atomic mass is 10.2. The Hall–Kier alpha value is -1.27. The van der Waals surface area contributed by atoms with Crippen molar-refractivity contribution in [1.29, 1.82) is 0 Å². The van der Waals surface area contributed by atoms with E-state index >= 15 is 0 Å². The summed E-state index contributed by atoms with van der Waals surface area (Å²) < 4.78 is 5.83. The summed E-state index contributed by atoms with van der Waals surface area (Å²) in [4.78, 5) is 14.3. The molecule has 0 saturated heterocycles. The predicted molar refractivity (Wildman–Crippen MR) is 72.7 cm³/mol. The highest BCUT2D eigenvalue weighted by Gasteiger charge is 2.17. The van der Waals surface area contributed by atoms with Gasteiger partial charge in [-0.15, -0.1) is 0 Å². The Labute approximate surface area is 113 Å². The number of esters is 1. The molecule has 0 bridgehead atoms. The number of azide groups is 1. The summed E-state index contributed by atoms with van der Waals surface area (Å²) in [5, 5.41) is 3.43. The fourth-order valence-electron chi connectivity index (χ4n) is 1.21. The van der Waals surface area contributed by atoms with Crippen molar-refractivity contribution >= 4 is 28.6 Å². The van der Waals surface area contributed by atoms with Gasteiger partial charge in [-0.1, -0.05) is 58.0 Å². The van der Waals surface area contributed by atoms with Crippen LogP contribution in [-0.2, 0) is 16.1 Å². The van der Waals surface area contributed by atoms with Gasteiger partial charge in [0.05, 0.1) is 0 Å². The molecule has 6 heteroatoms. The number of nitrogens with zero attached hydrogens (tertiary/aromatic N) is 3. The van der Waals surface area contributed by atoms with Gasteiger partial charge < -0.3 is 4.74 Å². The van der Waals surface area contributed by atoms with E-state index in [4.69, 9.17) is 10.3 Å². The van der Waals surface area contributed by atoms with Gasteiger partial charge in [0.15, 0.2) is 0 Å². The molecule has 1 rings (SSSR count). The number of hydrogen-bond acceptors (Lipinski definition) is 3. The number of carbonyl (C=O) groups excluding carboxylic acids is 1. The van der Waals surface area contributed by atoms with Gasteiger partial charge in [-0.05, 0) is 17.5 Å². The summed E-state index contributed by atoms with van der Waals surface area (Å²) in [6, 6.07) is 8.66. The Morgan fingerprint density at radius 1 is 1.47 bits per heavy atom. The Morgan fingerprint density at radius 2 is 2.18 bits per heavy atom. The average Bonchev–Trinajstić information content (AvgIpc) is 2.37. The van der Waals surface area contributed by atoms with E-state index in [-0.39, 0.29) is 6.61 Å². The molecule has 0 aliphatic heterocycles. The van der Waals surface area contributed by atoms with Gasteiger partial charge in [0.1, 0.15) is 12.6 Å². The zero-order valence-corrected chi connectivity index (χ0v) is 11.3. The molecule has 1 aromatic rings. The molecule has 0 radical (unpaired) electrons. The third-order valence-electron chi connectivity index (χ3n) is 2.07. The molecule has 0 fully saturated rings.